The summed E-state index contributed by atoms with van der Waals surface area (Å²) in [5.74, 6) is -2.62. The summed E-state index contributed by atoms with van der Waals surface area (Å²) in [7, 11) is 0. The lowest BCUT2D eigenvalue weighted by molar-refractivity contribution is -0.0471. The van der Waals surface area contributed by atoms with E-state index in [1.807, 2.05) is 18.2 Å². The zero-order chi connectivity index (χ0) is 14.9. The average Bonchev–Trinajstić information content (AvgIpc) is 2.47. The van der Waals surface area contributed by atoms with E-state index < -0.39 is 5.92 Å². The van der Waals surface area contributed by atoms with Gasteiger partial charge < -0.3 is 10.2 Å². The first-order valence-electron chi connectivity index (χ1n) is 7.56. The van der Waals surface area contributed by atoms with Crippen molar-refractivity contribution in [2.75, 3.05) is 13.1 Å². The van der Waals surface area contributed by atoms with Crippen LogP contribution in [0.4, 0.5) is 13.6 Å². The van der Waals surface area contributed by atoms with Gasteiger partial charge in [-0.3, -0.25) is 0 Å². The highest BCUT2D eigenvalue weighted by Gasteiger charge is 2.36. The molecule has 1 heterocycles. The summed E-state index contributed by atoms with van der Waals surface area (Å²) in [5, 5.41) is 3.01. The fourth-order valence-corrected chi connectivity index (χ4v) is 3.18. The van der Waals surface area contributed by atoms with Crippen LogP contribution in [-0.2, 0) is 6.42 Å². The van der Waals surface area contributed by atoms with Gasteiger partial charge in [0.15, 0.2) is 0 Å². The first-order chi connectivity index (χ1) is 10.1. The van der Waals surface area contributed by atoms with Crippen molar-refractivity contribution >= 4 is 6.03 Å². The number of benzene rings is 1. The van der Waals surface area contributed by atoms with E-state index in [1.54, 1.807) is 0 Å². The second-order valence-electron chi connectivity index (χ2n) is 5.94. The summed E-state index contributed by atoms with van der Waals surface area (Å²) >= 11 is 0. The van der Waals surface area contributed by atoms with Crippen LogP contribution in [0.25, 0.3) is 0 Å². The molecule has 1 aliphatic carbocycles. The quantitative estimate of drug-likeness (QED) is 0.844. The number of nitrogens with zero attached hydrogens (tertiary/aromatic N) is 1. The third kappa shape index (κ3) is 3.17. The number of likely N-dealkylation sites (tertiary alicyclic amines) is 1. The number of rotatable bonds is 1. The molecular weight excluding hydrogens is 274 g/mol. The largest absolute Gasteiger partial charge is 0.331 e. The maximum atomic E-state index is 13.1. The molecule has 0 bridgehead atoms. The summed E-state index contributed by atoms with van der Waals surface area (Å²) in [6.07, 6.45) is 2.52. The maximum Gasteiger partial charge on any atom is 0.317 e. The summed E-state index contributed by atoms with van der Waals surface area (Å²) in [6, 6.07) is 7.91. The number of hydrogen-bond donors (Lipinski definition) is 1. The minimum absolute atomic E-state index is 0.00452. The van der Waals surface area contributed by atoms with E-state index >= 15 is 0 Å². The van der Waals surface area contributed by atoms with Gasteiger partial charge in [-0.1, -0.05) is 24.3 Å². The van der Waals surface area contributed by atoms with Crippen LogP contribution < -0.4 is 5.32 Å². The molecule has 1 fully saturated rings. The highest BCUT2D eigenvalue weighted by Crippen LogP contribution is 2.31. The molecule has 3 rings (SSSR count). The molecule has 1 aliphatic heterocycles. The molecule has 0 aromatic heterocycles. The minimum atomic E-state index is -2.62. The molecule has 21 heavy (non-hydrogen) atoms. The molecule has 0 saturated carbocycles. The van der Waals surface area contributed by atoms with Gasteiger partial charge in [-0.05, 0) is 30.4 Å². The van der Waals surface area contributed by atoms with Crippen LogP contribution in [0.3, 0.4) is 0 Å². The minimum Gasteiger partial charge on any atom is -0.331 e. The van der Waals surface area contributed by atoms with Gasteiger partial charge in [-0.2, -0.15) is 0 Å². The highest BCUT2D eigenvalue weighted by atomic mass is 19.3. The van der Waals surface area contributed by atoms with Crippen molar-refractivity contribution in [2.45, 2.75) is 44.1 Å². The van der Waals surface area contributed by atoms with E-state index in [4.69, 9.17) is 0 Å². The van der Waals surface area contributed by atoms with Gasteiger partial charge in [0.1, 0.15) is 0 Å². The van der Waals surface area contributed by atoms with Crippen LogP contribution in [-0.4, -0.2) is 29.9 Å². The molecule has 0 radical (unpaired) electrons. The van der Waals surface area contributed by atoms with Crippen molar-refractivity contribution in [3.8, 4) is 0 Å². The topological polar surface area (TPSA) is 32.3 Å². The predicted molar refractivity (Wildman–Crippen MR) is 76.4 cm³/mol. The Bertz CT molecular complexity index is 523. The molecule has 1 saturated heterocycles. The monoisotopic (exact) mass is 294 g/mol. The van der Waals surface area contributed by atoms with Crippen molar-refractivity contribution in [2.24, 2.45) is 0 Å². The van der Waals surface area contributed by atoms with Gasteiger partial charge in [-0.15, -0.1) is 0 Å². The first-order valence-corrected chi connectivity index (χ1v) is 7.56. The van der Waals surface area contributed by atoms with E-state index in [1.165, 1.54) is 16.0 Å². The van der Waals surface area contributed by atoms with Crippen molar-refractivity contribution in [3.05, 3.63) is 35.4 Å². The predicted octanol–water partition coefficient (Wildman–Crippen LogP) is 3.50. The fourth-order valence-electron chi connectivity index (χ4n) is 3.18. The number of alkyl halides is 2. The summed E-state index contributed by atoms with van der Waals surface area (Å²) in [5.41, 5.74) is 2.44. The molecule has 0 spiro atoms. The summed E-state index contributed by atoms with van der Waals surface area (Å²) < 4.78 is 26.3. The Morgan fingerprint density at radius 2 is 1.95 bits per heavy atom. The van der Waals surface area contributed by atoms with Crippen molar-refractivity contribution in [3.63, 3.8) is 0 Å². The van der Waals surface area contributed by atoms with Crippen LogP contribution in [0, 0.1) is 0 Å². The van der Waals surface area contributed by atoms with Gasteiger partial charge in [-0.25, -0.2) is 13.6 Å². The number of urea groups is 1. The number of aryl methyl sites for hydroxylation is 1. The average molecular weight is 294 g/mol. The van der Waals surface area contributed by atoms with E-state index in [2.05, 4.69) is 11.4 Å². The second kappa shape index (κ2) is 5.62. The molecule has 1 atom stereocenters. The fraction of sp³-hybridized carbons (Fsp3) is 0.562. The van der Waals surface area contributed by atoms with Gasteiger partial charge in [0.2, 0.25) is 0 Å². The van der Waals surface area contributed by atoms with Gasteiger partial charge >= 0.3 is 6.03 Å². The zero-order valence-electron chi connectivity index (χ0n) is 11.9. The molecule has 2 amide bonds. The zero-order valence-corrected chi connectivity index (χ0v) is 11.9. The normalized spacial score (nSPS) is 24.3. The van der Waals surface area contributed by atoms with Crippen LogP contribution in [0.1, 0.15) is 42.9 Å². The Hall–Kier alpha value is -1.65. The van der Waals surface area contributed by atoms with E-state index in [0.29, 0.717) is 0 Å². The molecule has 0 unspecified atom stereocenters. The number of carbonyl (C=O) groups is 1. The number of fused-ring (bicyclic) bond motifs is 1. The number of hydrogen-bond acceptors (Lipinski definition) is 1. The SMILES string of the molecule is O=C(N[C@H]1CCCc2ccccc21)N1CCC(F)(F)CC1. The molecule has 1 N–H and O–H groups in total. The molecule has 1 aromatic rings. The Morgan fingerprint density at radius 1 is 1.24 bits per heavy atom. The van der Waals surface area contributed by atoms with E-state index in [0.717, 1.165) is 19.3 Å². The number of amides is 2. The van der Waals surface area contributed by atoms with E-state index in [9.17, 15) is 13.6 Å². The Kier molecular flexibility index (Phi) is 3.83. The van der Waals surface area contributed by atoms with Crippen LogP contribution >= 0.6 is 0 Å². The second-order valence-corrected chi connectivity index (χ2v) is 5.94. The van der Waals surface area contributed by atoms with Crippen LogP contribution in [0.5, 0.6) is 0 Å². The van der Waals surface area contributed by atoms with Crippen molar-refractivity contribution in [1.82, 2.24) is 10.2 Å². The van der Waals surface area contributed by atoms with E-state index in [-0.39, 0.29) is 38.0 Å². The lowest BCUT2D eigenvalue weighted by atomic mass is 9.88. The number of carbonyl (C=O) groups excluding carboxylic acids is 1. The Balaban J connectivity index is 1.64. The molecule has 2 aliphatic rings. The number of halogens is 2. The molecule has 114 valence electrons. The standard InChI is InChI=1S/C16H20F2N2O/c17-16(18)8-10-20(11-9-16)15(21)19-14-7-3-5-12-4-1-2-6-13(12)14/h1-2,4,6,14H,3,5,7-11H2,(H,19,21)/t14-/m0/s1. The first kappa shape index (κ1) is 14.3. The number of piperidine rings is 1. The van der Waals surface area contributed by atoms with Gasteiger partial charge in [0, 0.05) is 25.9 Å². The lowest BCUT2D eigenvalue weighted by Gasteiger charge is -2.34. The number of nitrogens with one attached hydrogen (secondary N) is 1. The van der Waals surface area contributed by atoms with Crippen LogP contribution in [0.2, 0.25) is 0 Å². The van der Waals surface area contributed by atoms with Crippen LogP contribution in [0.15, 0.2) is 24.3 Å². The lowest BCUT2D eigenvalue weighted by Crippen LogP contribution is -2.48. The third-order valence-corrected chi connectivity index (χ3v) is 4.45. The van der Waals surface area contributed by atoms with Gasteiger partial charge in [0.05, 0.1) is 6.04 Å². The maximum absolute atomic E-state index is 13.1. The molecule has 1 aromatic carbocycles. The Labute approximate surface area is 123 Å². The highest BCUT2D eigenvalue weighted by molar-refractivity contribution is 5.75. The van der Waals surface area contributed by atoms with Crippen molar-refractivity contribution in [1.29, 1.82) is 0 Å². The molecular formula is C16H20F2N2O. The summed E-state index contributed by atoms with van der Waals surface area (Å²) in [4.78, 5) is 13.8. The molecule has 3 nitrogen and oxygen atoms in total. The third-order valence-electron chi connectivity index (χ3n) is 4.45. The smallest absolute Gasteiger partial charge is 0.317 e. The molecule has 5 heteroatoms. The van der Waals surface area contributed by atoms with Gasteiger partial charge in [0.25, 0.3) is 5.92 Å². The van der Waals surface area contributed by atoms with Crippen molar-refractivity contribution < 1.29 is 13.6 Å². The Morgan fingerprint density at radius 3 is 2.71 bits per heavy atom. The summed E-state index contributed by atoms with van der Waals surface area (Å²) in [6.45, 7) is 0.264.